The highest BCUT2D eigenvalue weighted by molar-refractivity contribution is 5.92. The molecule has 0 unspecified atom stereocenters. The largest absolute Gasteiger partial charge is 0.347 e. The SMILES string of the molecule is Cc1cc(CNC(=O)c2ccc(C#N)cn2)cc(C)c1F. The number of hydrogen-bond donors (Lipinski definition) is 1. The smallest absolute Gasteiger partial charge is 0.270 e. The van der Waals surface area contributed by atoms with Crippen LogP contribution in [-0.4, -0.2) is 10.9 Å². The van der Waals surface area contributed by atoms with E-state index in [-0.39, 0.29) is 17.4 Å². The highest BCUT2D eigenvalue weighted by Crippen LogP contribution is 2.14. The summed E-state index contributed by atoms with van der Waals surface area (Å²) in [6.07, 6.45) is 1.35. The highest BCUT2D eigenvalue weighted by Gasteiger charge is 2.08. The second-order valence-corrected chi connectivity index (χ2v) is 4.77. The summed E-state index contributed by atoms with van der Waals surface area (Å²) >= 11 is 0. The maximum atomic E-state index is 13.5. The van der Waals surface area contributed by atoms with Crippen LogP contribution in [0.25, 0.3) is 0 Å². The predicted octanol–water partition coefficient (Wildman–Crippen LogP) is 2.64. The van der Waals surface area contributed by atoms with Gasteiger partial charge in [-0.25, -0.2) is 9.37 Å². The molecule has 0 fully saturated rings. The van der Waals surface area contributed by atoms with Gasteiger partial charge in [-0.3, -0.25) is 4.79 Å². The number of pyridine rings is 1. The van der Waals surface area contributed by atoms with Crippen molar-refractivity contribution in [2.45, 2.75) is 20.4 Å². The van der Waals surface area contributed by atoms with Gasteiger partial charge in [-0.15, -0.1) is 0 Å². The average Bonchev–Trinajstić information content (AvgIpc) is 2.50. The highest BCUT2D eigenvalue weighted by atomic mass is 19.1. The fourth-order valence-electron chi connectivity index (χ4n) is 2.00. The van der Waals surface area contributed by atoms with E-state index in [4.69, 9.17) is 5.26 Å². The van der Waals surface area contributed by atoms with Gasteiger partial charge in [-0.1, -0.05) is 12.1 Å². The van der Waals surface area contributed by atoms with Crippen molar-refractivity contribution in [3.63, 3.8) is 0 Å². The molecule has 0 aliphatic heterocycles. The number of hydrogen-bond acceptors (Lipinski definition) is 3. The number of benzene rings is 1. The zero-order valence-corrected chi connectivity index (χ0v) is 11.8. The lowest BCUT2D eigenvalue weighted by Gasteiger charge is -2.08. The van der Waals surface area contributed by atoms with E-state index in [2.05, 4.69) is 10.3 Å². The lowest BCUT2D eigenvalue weighted by atomic mass is 10.1. The fourth-order valence-corrected chi connectivity index (χ4v) is 2.00. The van der Waals surface area contributed by atoms with Crippen LogP contribution in [0, 0.1) is 31.0 Å². The van der Waals surface area contributed by atoms with Gasteiger partial charge in [0.25, 0.3) is 5.91 Å². The third-order valence-corrected chi connectivity index (χ3v) is 3.07. The quantitative estimate of drug-likeness (QED) is 0.941. The van der Waals surface area contributed by atoms with Crippen LogP contribution in [0.4, 0.5) is 4.39 Å². The van der Waals surface area contributed by atoms with Crippen molar-refractivity contribution >= 4 is 5.91 Å². The van der Waals surface area contributed by atoms with Gasteiger partial charge in [0.05, 0.1) is 5.56 Å². The molecule has 0 aliphatic carbocycles. The minimum absolute atomic E-state index is 0.223. The molecular formula is C16H14FN3O. The molecule has 2 aromatic rings. The molecule has 1 amide bonds. The lowest BCUT2D eigenvalue weighted by molar-refractivity contribution is 0.0946. The van der Waals surface area contributed by atoms with Crippen molar-refractivity contribution in [3.8, 4) is 6.07 Å². The minimum atomic E-state index is -0.334. The van der Waals surface area contributed by atoms with Gasteiger partial charge in [0.15, 0.2) is 0 Å². The summed E-state index contributed by atoms with van der Waals surface area (Å²) in [6.45, 7) is 3.67. The molecule has 21 heavy (non-hydrogen) atoms. The fraction of sp³-hybridized carbons (Fsp3) is 0.188. The van der Waals surface area contributed by atoms with Crippen molar-refractivity contribution in [2.24, 2.45) is 0 Å². The molecule has 0 spiro atoms. The van der Waals surface area contributed by atoms with Gasteiger partial charge < -0.3 is 5.32 Å². The summed E-state index contributed by atoms with van der Waals surface area (Å²) in [5.41, 5.74) is 2.57. The third kappa shape index (κ3) is 3.42. The molecule has 0 radical (unpaired) electrons. The second-order valence-electron chi connectivity index (χ2n) is 4.77. The molecule has 1 aromatic carbocycles. The Bertz CT molecular complexity index is 694. The summed E-state index contributed by atoms with van der Waals surface area (Å²) in [7, 11) is 0. The van der Waals surface area contributed by atoms with Crippen LogP contribution in [0.15, 0.2) is 30.5 Å². The molecule has 0 atom stereocenters. The molecule has 1 aromatic heterocycles. The van der Waals surface area contributed by atoms with Crippen LogP contribution in [0.5, 0.6) is 0 Å². The Hall–Kier alpha value is -2.74. The topological polar surface area (TPSA) is 65.8 Å². The molecule has 5 heteroatoms. The van der Waals surface area contributed by atoms with E-state index in [1.165, 1.54) is 18.3 Å². The lowest BCUT2D eigenvalue weighted by Crippen LogP contribution is -2.23. The number of carbonyl (C=O) groups excluding carboxylic acids is 1. The van der Waals surface area contributed by atoms with Gasteiger partial charge in [0.2, 0.25) is 0 Å². The summed E-state index contributed by atoms with van der Waals surface area (Å²) in [5.74, 6) is -0.557. The zero-order chi connectivity index (χ0) is 15.4. The van der Waals surface area contributed by atoms with E-state index < -0.39 is 0 Å². The van der Waals surface area contributed by atoms with Gasteiger partial charge in [-0.05, 0) is 42.7 Å². The van der Waals surface area contributed by atoms with Gasteiger partial charge in [0, 0.05) is 12.7 Å². The monoisotopic (exact) mass is 283 g/mol. The van der Waals surface area contributed by atoms with Gasteiger partial charge >= 0.3 is 0 Å². The molecule has 0 aliphatic rings. The molecule has 4 nitrogen and oxygen atoms in total. The predicted molar refractivity (Wildman–Crippen MR) is 76.0 cm³/mol. The number of carbonyl (C=O) groups is 1. The maximum absolute atomic E-state index is 13.5. The first-order valence-electron chi connectivity index (χ1n) is 6.41. The first kappa shape index (κ1) is 14.7. The first-order valence-corrected chi connectivity index (χ1v) is 6.41. The Kier molecular flexibility index (Phi) is 4.29. The Morgan fingerprint density at radius 2 is 2.00 bits per heavy atom. The van der Waals surface area contributed by atoms with Crippen molar-refractivity contribution in [3.05, 3.63) is 64.2 Å². The number of aryl methyl sites for hydroxylation is 2. The van der Waals surface area contributed by atoms with E-state index in [0.717, 1.165) is 5.56 Å². The first-order chi connectivity index (χ1) is 10.0. The number of amides is 1. The number of halogens is 1. The Balaban J connectivity index is 2.05. The number of rotatable bonds is 3. The molecule has 0 saturated carbocycles. The van der Waals surface area contributed by atoms with E-state index in [1.54, 1.807) is 26.0 Å². The molecule has 1 N–H and O–H groups in total. The summed E-state index contributed by atoms with van der Waals surface area (Å²) in [6, 6.07) is 8.38. The van der Waals surface area contributed by atoms with Gasteiger partial charge in [0.1, 0.15) is 17.6 Å². The molecule has 106 valence electrons. The Morgan fingerprint density at radius 1 is 1.33 bits per heavy atom. The van der Waals surface area contributed by atoms with Crippen LogP contribution < -0.4 is 5.32 Å². The number of nitrogens with one attached hydrogen (secondary N) is 1. The zero-order valence-electron chi connectivity index (χ0n) is 11.8. The normalized spacial score (nSPS) is 10.0. The number of aromatic nitrogens is 1. The Morgan fingerprint density at radius 3 is 2.52 bits per heavy atom. The molecule has 0 bridgehead atoms. The molecular weight excluding hydrogens is 269 g/mol. The van der Waals surface area contributed by atoms with Crippen LogP contribution in [0.1, 0.15) is 32.7 Å². The van der Waals surface area contributed by atoms with E-state index in [0.29, 0.717) is 23.2 Å². The minimum Gasteiger partial charge on any atom is -0.347 e. The van der Waals surface area contributed by atoms with E-state index >= 15 is 0 Å². The van der Waals surface area contributed by atoms with Crippen molar-refractivity contribution in [2.75, 3.05) is 0 Å². The van der Waals surface area contributed by atoms with Crippen LogP contribution in [0.2, 0.25) is 0 Å². The van der Waals surface area contributed by atoms with E-state index in [1.807, 2.05) is 6.07 Å². The summed E-state index contributed by atoms with van der Waals surface area (Å²) < 4.78 is 13.5. The summed E-state index contributed by atoms with van der Waals surface area (Å²) in [5, 5.41) is 11.4. The van der Waals surface area contributed by atoms with Gasteiger partial charge in [-0.2, -0.15) is 5.26 Å². The van der Waals surface area contributed by atoms with Crippen molar-refractivity contribution < 1.29 is 9.18 Å². The Labute approximate surface area is 122 Å². The maximum Gasteiger partial charge on any atom is 0.270 e. The van der Waals surface area contributed by atoms with Crippen molar-refractivity contribution in [1.82, 2.24) is 10.3 Å². The standard InChI is InChI=1S/C16H14FN3O/c1-10-5-13(6-11(2)15(10)17)9-20-16(21)14-4-3-12(7-18)8-19-14/h3-6,8H,9H2,1-2H3,(H,20,21). The van der Waals surface area contributed by atoms with Crippen LogP contribution in [-0.2, 0) is 6.54 Å². The number of nitrogens with zero attached hydrogens (tertiary/aromatic N) is 2. The molecule has 1 heterocycles. The second kappa shape index (κ2) is 6.14. The average molecular weight is 283 g/mol. The van der Waals surface area contributed by atoms with Crippen LogP contribution in [0.3, 0.4) is 0 Å². The number of nitriles is 1. The van der Waals surface area contributed by atoms with E-state index in [9.17, 15) is 9.18 Å². The molecule has 0 saturated heterocycles. The summed E-state index contributed by atoms with van der Waals surface area (Å²) in [4.78, 5) is 15.8. The third-order valence-electron chi connectivity index (χ3n) is 3.07. The molecule has 2 rings (SSSR count). The van der Waals surface area contributed by atoms with Crippen LogP contribution >= 0.6 is 0 Å². The van der Waals surface area contributed by atoms with Crippen molar-refractivity contribution in [1.29, 1.82) is 5.26 Å².